The number of furan rings is 6. The highest BCUT2D eigenvalue weighted by Crippen LogP contribution is 2.58. The highest BCUT2D eigenvalue weighted by atomic mass is 32.1. The Morgan fingerprint density at radius 1 is 0.167 bits per heavy atom. The predicted molar refractivity (Wildman–Crippen MR) is 580 cm³/mol. The van der Waals surface area contributed by atoms with E-state index in [1.807, 2.05) is 193 Å². The van der Waals surface area contributed by atoms with E-state index in [4.69, 9.17) is 71.4 Å². The van der Waals surface area contributed by atoms with Crippen LogP contribution in [0.4, 0.5) is 0 Å². The van der Waals surface area contributed by atoms with Gasteiger partial charge in [0.2, 0.25) is 17.8 Å². The zero-order valence-electron chi connectivity index (χ0n) is 75.5. The van der Waals surface area contributed by atoms with E-state index in [1.165, 1.54) is 47.1 Å². The lowest BCUT2D eigenvalue weighted by Gasteiger charge is -2.12. The van der Waals surface area contributed by atoms with Gasteiger partial charge in [-0.05, 0) is 136 Å². The molecule has 36 aromatic rings. The third kappa shape index (κ3) is 10.2. The fraction of sp³-hybridized carbons (Fsp3) is 0. The van der Waals surface area contributed by atoms with Crippen molar-refractivity contribution in [3.63, 3.8) is 0 Å². The molecule has 23 aromatic carbocycles. The van der Waals surface area contributed by atoms with Crippen molar-refractivity contribution in [2.45, 2.75) is 0 Å². The summed E-state index contributed by atoms with van der Waals surface area (Å²) in [4.78, 5) is 46.3. The number of nitrogens with zero attached hydrogens (tertiary/aromatic N) is 12. The lowest BCUT2D eigenvalue weighted by molar-refractivity contribution is 0.661. The van der Waals surface area contributed by atoms with Gasteiger partial charge in [0.1, 0.15) is 67.0 Å². The molecule has 0 saturated heterocycles. The van der Waals surface area contributed by atoms with Crippen LogP contribution >= 0.6 is 11.3 Å². The van der Waals surface area contributed by atoms with Crippen molar-refractivity contribution in [1.29, 1.82) is 0 Å². The molecule has 13 aromatic heterocycles. The number of aromatic nitrogens is 12. The van der Waals surface area contributed by atoms with Crippen molar-refractivity contribution < 1.29 is 26.5 Å². The van der Waals surface area contributed by atoms with E-state index in [0.29, 0.717) is 52.8 Å². The maximum Gasteiger partial charge on any atom is 0.238 e. The van der Waals surface area contributed by atoms with Gasteiger partial charge in [0.05, 0.1) is 33.1 Å². The summed E-state index contributed by atoms with van der Waals surface area (Å²) in [5, 5.41) is 31.4. The molecule has 18 nitrogen and oxygen atoms in total. The lowest BCUT2D eigenvalue weighted by Crippen LogP contribution is -2.06. The van der Waals surface area contributed by atoms with E-state index >= 15 is 0 Å². The summed E-state index contributed by atoms with van der Waals surface area (Å²) in [6.07, 6.45) is 0. The molecule has 0 N–H and O–H groups in total. The first-order valence-corrected chi connectivity index (χ1v) is 48.8. The molecule has 36 rings (SSSR count). The first-order chi connectivity index (χ1) is 71.4. The molecule has 0 saturated carbocycles. The Balaban J connectivity index is 0.0000000934. The Hall–Kier alpha value is -19.6. The zero-order valence-corrected chi connectivity index (χ0v) is 76.3. The molecule has 664 valence electrons. The second kappa shape index (κ2) is 28.1. The molecule has 0 fully saturated rings. The van der Waals surface area contributed by atoms with Gasteiger partial charge in [0, 0.05) is 167 Å². The predicted octanol–water partition coefficient (Wildman–Crippen LogP) is 33.3. The van der Waals surface area contributed by atoms with Crippen LogP contribution in [0.15, 0.2) is 403 Å². The van der Waals surface area contributed by atoms with E-state index in [9.17, 15) is 0 Å². The molecular formula is C125H62N12O6S. The van der Waals surface area contributed by atoms with Gasteiger partial charge in [-0.2, -0.15) is 29.9 Å². The summed E-state index contributed by atoms with van der Waals surface area (Å²) in [6, 6.07) is 129. The van der Waals surface area contributed by atoms with Crippen LogP contribution in [0, 0.1) is 0 Å². The number of hydrogen-bond donors (Lipinski definition) is 0. The van der Waals surface area contributed by atoms with E-state index in [2.05, 4.69) is 208 Å². The second-order valence-corrected chi connectivity index (χ2v) is 38.5. The van der Waals surface area contributed by atoms with Crippen LogP contribution in [0.3, 0.4) is 0 Å². The van der Waals surface area contributed by atoms with E-state index in [1.54, 1.807) is 0 Å². The van der Waals surface area contributed by atoms with Gasteiger partial charge in [-0.15, -0.1) is 11.3 Å². The average Bonchev–Trinajstić information content (AvgIpc) is 1.51. The molecule has 0 radical (unpaired) electrons. The van der Waals surface area contributed by atoms with Gasteiger partial charge >= 0.3 is 0 Å². The minimum Gasteiger partial charge on any atom is -0.456 e. The SMILES string of the molecule is c1ccc(-c2nc(-c3ccccc3)nc(-n3c4ccc5oc6ccc7oc8ccc9oc%10c%11ccccc%11c3c3c%10c9c8c7c6c5c34)n2)cc1.c1ccc(-c2nc(-c3ccccc3)nc(-n3c4ccc5oc6ccc7sc8cccc9c%10cc%11ccccc%11c3c%10c4c5c6c7c89)n2)cc1.c1ccc(-c2nc(-c3ccccc3)nc(-n3c4ccc5oc6cccc7c8cccc9oc%10ccc3c(c%10c98)c4c5c67)n2)cc1. The Labute approximate surface area is 813 Å². The summed E-state index contributed by atoms with van der Waals surface area (Å²) in [6.45, 7) is 0. The standard InChI is InChI=1S/C43H20N4O3.C43H22N4OS.C39H20N4O2/c1-3-9-21(10-4-1)41-44-42(22-11-5-2-6-12-22)46-43(45-41)47-25-15-16-26-32-31(25)37-38-36-30(50-40(38)24-14-8-7-13-23(24)39(37)47)20-19-29-35(36)34-28(49-29)18-17-27(48-26)33(32)34;1-3-10-23(11-4-1)41-44-42(24-12-5-2-6-13-24)46-43(45-41)47-29-18-19-30-37-36(29)35-28(22-25-14-7-8-15-26(25)40(35)47)27-16-9-17-32-34(27)39-33(49-32)21-20-31(48-30)38(37)39;1-3-9-21(10-4-1)37-40-38(22-11-5-2-6-12-22)42-39(41-37)43-25-17-19-29-35-31-23(13-7-15-27(31)44-29)24-14-8-16-28-32(24)36-30(45-28)20-18-26(43)34(36)33(25)35/h1-20H;1-22H;1-20H. The van der Waals surface area contributed by atoms with E-state index in [-0.39, 0.29) is 0 Å². The molecule has 0 aliphatic rings. The second-order valence-electron chi connectivity index (χ2n) is 37.4. The van der Waals surface area contributed by atoms with Crippen molar-refractivity contribution in [1.82, 2.24) is 58.6 Å². The Morgan fingerprint density at radius 2 is 0.451 bits per heavy atom. The molecule has 144 heavy (non-hydrogen) atoms. The van der Waals surface area contributed by atoms with Crippen molar-refractivity contribution in [2.24, 2.45) is 0 Å². The number of hydrogen-bond acceptors (Lipinski definition) is 16. The molecule has 0 bridgehead atoms. The number of thiophene rings is 1. The smallest absolute Gasteiger partial charge is 0.238 e. The fourth-order valence-electron chi connectivity index (χ4n) is 24.1. The number of rotatable bonds is 9. The van der Waals surface area contributed by atoms with Gasteiger partial charge in [0.15, 0.2) is 34.9 Å². The summed E-state index contributed by atoms with van der Waals surface area (Å²) in [5.74, 6) is 5.39. The van der Waals surface area contributed by atoms with Crippen LogP contribution < -0.4 is 0 Å². The van der Waals surface area contributed by atoms with Crippen LogP contribution in [0.5, 0.6) is 0 Å². The maximum absolute atomic E-state index is 6.86. The number of benzene rings is 20. The third-order valence-electron chi connectivity index (χ3n) is 29.9. The summed E-state index contributed by atoms with van der Waals surface area (Å²) >= 11 is 1.86. The fourth-order valence-corrected chi connectivity index (χ4v) is 25.3. The Morgan fingerprint density at radius 3 is 0.882 bits per heavy atom. The molecule has 19 heteroatoms. The molecule has 0 atom stereocenters. The van der Waals surface area contributed by atoms with E-state index < -0.39 is 0 Å². The van der Waals surface area contributed by atoms with E-state index in [0.717, 1.165) is 247 Å². The van der Waals surface area contributed by atoms with Crippen molar-refractivity contribution >= 4 is 272 Å². The summed E-state index contributed by atoms with van der Waals surface area (Å²) in [7, 11) is 0. The lowest BCUT2D eigenvalue weighted by atomic mass is 9.93. The first kappa shape index (κ1) is 76.4. The first-order valence-electron chi connectivity index (χ1n) is 47.9. The highest BCUT2D eigenvalue weighted by Gasteiger charge is 2.36. The van der Waals surface area contributed by atoms with Crippen molar-refractivity contribution in [2.75, 3.05) is 0 Å². The van der Waals surface area contributed by atoms with Crippen LogP contribution in [-0.4, -0.2) is 58.6 Å². The monoisotopic (exact) mass is 1860 g/mol. The van der Waals surface area contributed by atoms with Crippen LogP contribution in [0.1, 0.15) is 0 Å². The van der Waals surface area contributed by atoms with Gasteiger partial charge in [0.25, 0.3) is 0 Å². The summed E-state index contributed by atoms with van der Waals surface area (Å²) < 4.78 is 49.0. The number of fused-ring (bicyclic) bond motifs is 7. The average molecular weight is 1860 g/mol. The molecule has 0 aliphatic carbocycles. The maximum atomic E-state index is 6.86. The van der Waals surface area contributed by atoms with Gasteiger partial charge in [-0.3, -0.25) is 13.7 Å². The van der Waals surface area contributed by atoms with Crippen LogP contribution in [0.25, 0.3) is 346 Å². The largest absolute Gasteiger partial charge is 0.456 e. The van der Waals surface area contributed by atoms with Gasteiger partial charge in [-0.1, -0.05) is 267 Å². The topological polar surface area (TPSA) is 210 Å². The minimum absolute atomic E-state index is 0.540. The highest BCUT2D eigenvalue weighted by molar-refractivity contribution is 7.26. The third-order valence-corrected chi connectivity index (χ3v) is 31.0. The Bertz CT molecular complexity index is 11400. The quantitative estimate of drug-likeness (QED) is 0.132. The zero-order chi connectivity index (χ0) is 93.3. The van der Waals surface area contributed by atoms with Crippen LogP contribution in [-0.2, 0) is 0 Å². The molecule has 13 heterocycles. The minimum atomic E-state index is 0.540. The molecule has 0 aliphatic heterocycles. The van der Waals surface area contributed by atoms with Gasteiger partial charge in [-0.25, -0.2) is 15.0 Å². The van der Waals surface area contributed by atoms with Gasteiger partial charge < -0.3 is 26.5 Å². The Kier molecular flexibility index (Phi) is 14.9. The molecular weight excluding hydrogens is 1800 g/mol. The van der Waals surface area contributed by atoms with Crippen molar-refractivity contribution in [3.05, 3.63) is 376 Å². The molecule has 0 spiro atoms. The van der Waals surface area contributed by atoms with Crippen molar-refractivity contribution in [3.8, 4) is 86.2 Å². The molecule has 0 unspecified atom stereocenters. The van der Waals surface area contributed by atoms with Crippen LogP contribution in [0.2, 0.25) is 0 Å². The normalized spacial score (nSPS) is 12.6. The molecule has 0 amide bonds. The summed E-state index contributed by atoms with van der Waals surface area (Å²) in [5.41, 5.74) is 21.9.